The van der Waals surface area contributed by atoms with Gasteiger partial charge in [-0.2, -0.15) is 0 Å². The number of hydrogen-bond donors (Lipinski definition) is 3. The summed E-state index contributed by atoms with van der Waals surface area (Å²) in [5.41, 5.74) is 6.99. The summed E-state index contributed by atoms with van der Waals surface area (Å²) in [4.78, 5) is 14.8. The third-order valence-electron chi connectivity index (χ3n) is 2.35. The minimum Gasteiger partial charge on any atom is -0.478 e. The van der Waals surface area contributed by atoms with Crippen molar-refractivity contribution >= 4 is 61.7 Å². The first-order valence-electron chi connectivity index (χ1n) is 5.18. The van der Waals surface area contributed by atoms with E-state index in [1.165, 1.54) is 12.3 Å². The van der Waals surface area contributed by atoms with Gasteiger partial charge < -0.3 is 16.2 Å². The van der Waals surface area contributed by atoms with Crippen molar-refractivity contribution < 1.29 is 9.90 Å². The van der Waals surface area contributed by atoms with Gasteiger partial charge in [-0.1, -0.05) is 15.9 Å². The first kappa shape index (κ1) is 14.1. The fourth-order valence-electron chi connectivity index (χ4n) is 1.42. The Morgan fingerprint density at radius 1 is 1.42 bits per heavy atom. The number of nitrogen functional groups attached to an aromatic ring is 1. The molecule has 0 fully saturated rings. The number of nitrogens with one attached hydrogen (secondary N) is 1. The van der Waals surface area contributed by atoms with E-state index < -0.39 is 5.97 Å². The van der Waals surface area contributed by atoms with Crippen LogP contribution < -0.4 is 11.1 Å². The van der Waals surface area contributed by atoms with Gasteiger partial charge in [-0.25, -0.2) is 9.78 Å². The maximum atomic E-state index is 10.8. The van der Waals surface area contributed by atoms with Crippen LogP contribution in [0.3, 0.4) is 0 Å². The van der Waals surface area contributed by atoms with Gasteiger partial charge in [0, 0.05) is 14.2 Å². The van der Waals surface area contributed by atoms with Gasteiger partial charge in [0.1, 0.15) is 0 Å². The molecule has 19 heavy (non-hydrogen) atoms. The average molecular weight is 434 g/mol. The van der Waals surface area contributed by atoms with Gasteiger partial charge in [0.25, 0.3) is 0 Å². The molecule has 2 aromatic rings. The lowest BCUT2D eigenvalue weighted by molar-refractivity contribution is 0.0696. The molecule has 98 valence electrons. The number of aromatic nitrogens is 1. The van der Waals surface area contributed by atoms with Crippen molar-refractivity contribution in [3.63, 3.8) is 0 Å². The van der Waals surface area contributed by atoms with Gasteiger partial charge in [0.15, 0.2) is 5.82 Å². The molecule has 0 unspecified atom stereocenters. The van der Waals surface area contributed by atoms with Gasteiger partial charge in [0.05, 0.1) is 16.9 Å². The highest BCUT2D eigenvalue weighted by Gasteiger charge is 2.09. The lowest BCUT2D eigenvalue weighted by Gasteiger charge is -2.10. The number of nitrogens with two attached hydrogens (primary N) is 1. The molecule has 0 saturated carbocycles. The molecule has 0 bridgehead atoms. The van der Waals surface area contributed by atoms with E-state index >= 15 is 0 Å². The van der Waals surface area contributed by atoms with E-state index in [1.54, 1.807) is 0 Å². The summed E-state index contributed by atoms with van der Waals surface area (Å²) in [6.07, 6.45) is 1.27. The summed E-state index contributed by atoms with van der Waals surface area (Å²) >= 11 is 5.57. The molecule has 0 aliphatic heterocycles. The van der Waals surface area contributed by atoms with E-state index in [9.17, 15) is 4.79 Å². The molecule has 0 radical (unpaired) electrons. The Hall–Kier alpha value is -1.35. The predicted octanol–water partition coefficient (Wildman–Crippen LogP) is 3.47. The molecular weight excluding hydrogens is 425 g/mol. The molecule has 0 atom stereocenters. The van der Waals surface area contributed by atoms with Crippen LogP contribution in [0.15, 0.2) is 34.9 Å². The second-order valence-corrected chi connectivity index (χ2v) is 5.79. The minimum atomic E-state index is -1.05. The smallest absolute Gasteiger partial charge is 0.337 e. The number of hydrogen-bond acceptors (Lipinski definition) is 4. The zero-order valence-corrected chi connectivity index (χ0v) is 13.3. The molecule has 0 aliphatic rings. The van der Waals surface area contributed by atoms with Crippen molar-refractivity contribution in [2.45, 2.75) is 0 Å². The summed E-state index contributed by atoms with van der Waals surface area (Å²) in [5, 5.41) is 11.9. The standard InChI is InChI=1S/C12H9BrIN3O2/c13-7-1-2-8(14)10(4-7)17-11-9(15)3-6(5-16-11)12(18)19/h1-5H,15H2,(H,16,17)(H,18,19). The van der Waals surface area contributed by atoms with E-state index in [4.69, 9.17) is 10.8 Å². The van der Waals surface area contributed by atoms with E-state index in [0.29, 0.717) is 5.82 Å². The van der Waals surface area contributed by atoms with Crippen LogP contribution in [0.5, 0.6) is 0 Å². The molecule has 2 rings (SSSR count). The van der Waals surface area contributed by atoms with Crippen molar-refractivity contribution in [2.24, 2.45) is 0 Å². The third kappa shape index (κ3) is 3.35. The molecule has 7 heteroatoms. The quantitative estimate of drug-likeness (QED) is 0.645. The number of nitrogens with zero attached hydrogens (tertiary/aromatic N) is 1. The number of benzene rings is 1. The van der Waals surface area contributed by atoms with Crippen LogP contribution in [0.1, 0.15) is 10.4 Å². The van der Waals surface area contributed by atoms with Crippen molar-refractivity contribution in [3.8, 4) is 0 Å². The Labute approximate surface area is 131 Å². The highest BCUT2D eigenvalue weighted by atomic mass is 127. The summed E-state index contributed by atoms with van der Waals surface area (Å²) in [6.45, 7) is 0. The second kappa shape index (κ2) is 5.74. The van der Waals surface area contributed by atoms with Crippen LogP contribution in [0.25, 0.3) is 0 Å². The van der Waals surface area contributed by atoms with Crippen LogP contribution in [-0.4, -0.2) is 16.1 Å². The van der Waals surface area contributed by atoms with Gasteiger partial charge in [-0.3, -0.25) is 0 Å². The fraction of sp³-hybridized carbons (Fsp3) is 0. The van der Waals surface area contributed by atoms with Crippen molar-refractivity contribution in [1.82, 2.24) is 4.98 Å². The zero-order valence-electron chi connectivity index (χ0n) is 9.52. The number of anilines is 3. The Balaban J connectivity index is 2.33. The Kier molecular flexibility index (Phi) is 4.25. The predicted molar refractivity (Wildman–Crippen MR) is 85.8 cm³/mol. The van der Waals surface area contributed by atoms with Gasteiger partial charge in [-0.15, -0.1) is 0 Å². The van der Waals surface area contributed by atoms with E-state index in [2.05, 4.69) is 48.8 Å². The second-order valence-electron chi connectivity index (χ2n) is 3.72. The molecule has 0 amide bonds. The number of aromatic carboxylic acids is 1. The van der Waals surface area contributed by atoms with E-state index in [-0.39, 0.29) is 11.3 Å². The minimum absolute atomic E-state index is 0.0620. The largest absolute Gasteiger partial charge is 0.478 e. The van der Waals surface area contributed by atoms with E-state index in [1.807, 2.05) is 18.2 Å². The molecule has 0 spiro atoms. The molecule has 0 aliphatic carbocycles. The maximum Gasteiger partial charge on any atom is 0.337 e. The molecule has 1 aromatic carbocycles. The SMILES string of the molecule is Nc1cc(C(=O)O)cnc1Nc1cc(Br)ccc1I. The highest BCUT2D eigenvalue weighted by molar-refractivity contribution is 14.1. The van der Waals surface area contributed by atoms with Crippen LogP contribution in [0.4, 0.5) is 17.2 Å². The molecule has 4 N–H and O–H groups in total. The topological polar surface area (TPSA) is 88.2 Å². The first-order valence-corrected chi connectivity index (χ1v) is 7.05. The summed E-state index contributed by atoms with van der Waals surface area (Å²) < 4.78 is 1.93. The molecule has 0 saturated heterocycles. The average Bonchev–Trinajstić information content (AvgIpc) is 2.36. The number of carboxylic acid groups (broad SMARTS) is 1. The molecule has 1 heterocycles. The first-order chi connectivity index (χ1) is 8.97. The third-order valence-corrected chi connectivity index (χ3v) is 3.78. The van der Waals surface area contributed by atoms with Crippen LogP contribution >= 0.6 is 38.5 Å². The lowest BCUT2D eigenvalue weighted by atomic mass is 10.2. The number of carboxylic acids is 1. The summed E-state index contributed by atoms with van der Waals surface area (Å²) in [6, 6.07) is 7.14. The number of carbonyl (C=O) groups is 1. The molecule has 5 nitrogen and oxygen atoms in total. The van der Waals surface area contributed by atoms with Gasteiger partial charge in [-0.05, 0) is 46.9 Å². The normalized spacial score (nSPS) is 10.2. The summed E-state index contributed by atoms with van der Waals surface area (Å²) in [5.74, 6) is -0.621. The molecule has 1 aromatic heterocycles. The molecular formula is C12H9BrIN3O2. The fourth-order valence-corrected chi connectivity index (χ4v) is 2.26. The van der Waals surface area contributed by atoms with Crippen molar-refractivity contribution in [3.05, 3.63) is 44.1 Å². The van der Waals surface area contributed by atoms with Gasteiger partial charge in [0.2, 0.25) is 0 Å². The van der Waals surface area contributed by atoms with Crippen molar-refractivity contribution in [1.29, 1.82) is 0 Å². The number of pyridine rings is 1. The van der Waals surface area contributed by atoms with Crippen LogP contribution in [0.2, 0.25) is 0 Å². The Morgan fingerprint density at radius 3 is 2.79 bits per heavy atom. The van der Waals surface area contributed by atoms with Crippen LogP contribution in [0, 0.1) is 3.57 Å². The zero-order chi connectivity index (χ0) is 14.0. The summed E-state index contributed by atoms with van der Waals surface area (Å²) in [7, 11) is 0. The monoisotopic (exact) mass is 433 g/mol. The lowest BCUT2D eigenvalue weighted by Crippen LogP contribution is -2.04. The Morgan fingerprint density at radius 2 is 2.16 bits per heavy atom. The van der Waals surface area contributed by atoms with Crippen molar-refractivity contribution in [2.75, 3.05) is 11.1 Å². The number of halogens is 2. The van der Waals surface area contributed by atoms with E-state index in [0.717, 1.165) is 13.7 Å². The highest BCUT2D eigenvalue weighted by Crippen LogP contribution is 2.27. The Bertz CT molecular complexity index is 649. The maximum absolute atomic E-state index is 10.8. The number of rotatable bonds is 3. The van der Waals surface area contributed by atoms with Crippen LogP contribution in [-0.2, 0) is 0 Å². The van der Waals surface area contributed by atoms with Gasteiger partial charge >= 0.3 is 5.97 Å².